The Morgan fingerprint density at radius 3 is 3.00 bits per heavy atom. The van der Waals surface area contributed by atoms with Crippen LogP contribution in [-0.2, 0) is 5.88 Å². The number of rotatable bonds is 1. The largest absolute Gasteiger partial charge is 0.396 e. The van der Waals surface area contributed by atoms with Crippen molar-refractivity contribution in [2.24, 2.45) is 0 Å². The molecule has 2 rings (SSSR count). The molecule has 0 aliphatic carbocycles. The van der Waals surface area contributed by atoms with Gasteiger partial charge >= 0.3 is 0 Å². The van der Waals surface area contributed by atoms with Crippen LogP contribution in [0.3, 0.4) is 0 Å². The predicted molar refractivity (Wildman–Crippen MR) is 55.8 cm³/mol. The van der Waals surface area contributed by atoms with Crippen LogP contribution >= 0.6 is 22.9 Å². The molecule has 1 heterocycles. The van der Waals surface area contributed by atoms with Crippen LogP contribution in [0.5, 0.6) is 0 Å². The quantitative estimate of drug-likeness (QED) is 0.573. The van der Waals surface area contributed by atoms with Crippen molar-refractivity contribution in [2.75, 3.05) is 5.73 Å². The molecule has 0 aliphatic rings. The van der Waals surface area contributed by atoms with Crippen LogP contribution < -0.4 is 5.73 Å². The average molecular weight is 216 g/mol. The Bertz CT molecular complexity index is 452. The summed E-state index contributed by atoms with van der Waals surface area (Å²) < 4.78 is 14.0. The molecule has 0 amide bonds. The Hall–Kier alpha value is -0.800. The van der Waals surface area contributed by atoms with Crippen LogP contribution in [0.15, 0.2) is 17.5 Å². The standard InChI is InChI=1S/C9H7ClFNS/c10-4-5-3-7(12)8(11)9-6(5)1-2-13-9/h1-3H,4,12H2. The Morgan fingerprint density at radius 1 is 1.54 bits per heavy atom. The van der Waals surface area contributed by atoms with Crippen LogP contribution in [0, 0.1) is 5.82 Å². The van der Waals surface area contributed by atoms with Crippen molar-refractivity contribution in [3.8, 4) is 0 Å². The first-order valence-electron chi connectivity index (χ1n) is 3.74. The third-order valence-corrected chi connectivity index (χ3v) is 3.13. The molecule has 2 N–H and O–H groups in total. The highest BCUT2D eigenvalue weighted by Gasteiger charge is 2.10. The molecule has 4 heteroatoms. The summed E-state index contributed by atoms with van der Waals surface area (Å²) in [5.74, 6) is 0.0245. The number of fused-ring (bicyclic) bond motifs is 1. The summed E-state index contributed by atoms with van der Waals surface area (Å²) in [4.78, 5) is 0. The van der Waals surface area contributed by atoms with Gasteiger partial charge in [-0.2, -0.15) is 0 Å². The number of hydrogen-bond donors (Lipinski definition) is 1. The van der Waals surface area contributed by atoms with E-state index in [2.05, 4.69) is 0 Å². The maximum Gasteiger partial charge on any atom is 0.163 e. The fourth-order valence-electron chi connectivity index (χ4n) is 1.30. The highest BCUT2D eigenvalue weighted by atomic mass is 35.5. The first-order valence-corrected chi connectivity index (χ1v) is 5.15. The minimum Gasteiger partial charge on any atom is -0.396 e. The molecule has 0 saturated heterocycles. The number of hydrogen-bond acceptors (Lipinski definition) is 2. The van der Waals surface area contributed by atoms with Crippen molar-refractivity contribution in [3.63, 3.8) is 0 Å². The molecule has 2 aromatic rings. The molecule has 0 aliphatic heterocycles. The molecule has 0 unspecified atom stereocenters. The smallest absolute Gasteiger partial charge is 0.163 e. The fraction of sp³-hybridized carbons (Fsp3) is 0.111. The second-order valence-electron chi connectivity index (χ2n) is 2.74. The summed E-state index contributed by atoms with van der Waals surface area (Å²) in [7, 11) is 0. The Morgan fingerprint density at radius 2 is 2.31 bits per heavy atom. The highest BCUT2D eigenvalue weighted by molar-refractivity contribution is 7.17. The SMILES string of the molecule is Nc1cc(CCl)c2ccsc2c1F. The number of halogens is 2. The topological polar surface area (TPSA) is 26.0 Å². The number of nitrogens with two attached hydrogens (primary N) is 1. The predicted octanol–water partition coefficient (Wildman–Crippen LogP) is 3.36. The van der Waals surface area contributed by atoms with Crippen LogP contribution in [0.1, 0.15) is 5.56 Å². The van der Waals surface area contributed by atoms with Gasteiger partial charge in [-0.25, -0.2) is 4.39 Å². The third kappa shape index (κ3) is 1.28. The van der Waals surface area contributed by atoms with E-state index in [1.165, 1.54) is 11.3 Å². The zero-order valence-corrected chi connectivity index (χ0v) is 8.25. The highest BCUT2D eigenvalue weighted by Crippen LogP contribution is 2.31. The van der Waals surface area contributed by atoms with E-state index in [4.69, 9.17) is 17.3 Å². The summed E-state index contributed by atoms with van der Waals surface area (Å²) in [5, 5.41) is 2.70. The normalized spacial score (nSPS) is 10.9. The molecule has 0 fully saturated rings. The van der Waals surface area contributed by atoms with Crippen molar-refractivity contribution >= 4 is 38.7 Å². The molecule has 1 aromatic carbocycles. The van der Waals surface area contributed by atoms with E-state index < -0.39 is 0 Å². The first kappa shape index (κ1) is 8.78. The van der Waals surface area contributed by atoms with Gasteiger partial charge in [0.25, 0.3) is 0 Å². The van der Waals surface area contributed by atoms with Gasteiger partial charge in [-0.1, -0.05) is 0 Å². The Kier molecular flexibility index (Phi) is 2.14. The lowest BCUT2D eigenvalue weighted by Crippen LogP contribution is -1.92. The van der Waals surface area contributed by atoms with Crippen molar-refractivity contribution in [3.05, 3.63) is 28.9 Å². The Labute approximate surface area is 83.9 Å². The summed E-state index contributed by atoms with van der Waals surface area (Å²) in [6, 6.07) is 3.46. The molecule has 0 spiro atoms. The first-order chi connectivity index (χ1) is 6.24. The number of thiophene rings is 1. The minimum absolute atomic E-state index is 0.172. The lowest BCUT2D eigenvalue weighted by Gasteiger charge is -2.02. The minimum atomic E-state index is -0.334. The van der Waals surface area contributed by atoms with E-state index in [1.807, 2.05) is 11.4 Å². The number of anilines is 1. The van der Waals surface area contributed by atoms with Gasteiger partial charge in [0, 0.05) is 5.88 Å². The van der Waals surface area contributed by atoms with Gasteiger partial charge < -0.3 is 5.73 Å². The van der Waals surface area contributed by atoms with Crippen LogP contribution in [-0.4, -0.2) is 0 Å². The summed E-state index contributed by atoms with van der Waals surface area (Å²) in [6.07, 6.45) is 0. The second kappa shape index (κ2) is 3.16. The van der Waals surface area contributed by atoms with Gasteiger partial charge in [-0.05, 0) is 28.5 Å². The summed E-state index contributed by atoms with van der Waals surface area (Å²) in [6.45, 7) is 0. The van der Waals surface area contributed by atoms with Crippen LogP contribution in [0.4, 0.5) is 10.1 Å². The van der Waals surface area contributed by atoms with E-state index in [1.54, 1.807) is 6.07 Å². The lowest BCUT2D eigenvalue weighted by atomic mass is 10.1. The zero-order chi connectivity index (χ0) is 9.42. The molecule has 68 valence electrons. The molecule has 1 aromatic heterocycles. The van der Waals surface area contributed by atoms with Gasteiger partial charge in [0.05, 0.1) is 10.4 Å². The van der Waals surface area contributed by atoms with E-state index >= 15 is 0 Å². The molecule has 1 nitrogen and oxygen atoms in total. The van der Waals surface area contributed by atoms with Gasteiger partial charge in [0.2, 0.25) is 0 Å². The maximum absolute atomic E-state index is 13.4. The molecular weight excluding hydrogens is 209 g/mol. The summed E-state index contributed by atoms with van der Waals surface area (Å²) in [5.41, 5.74) is 6.55. The van der Waals surface area contributed by atoms with Gasteiger partial charge in [0.15, 0.2) is 5.82 Å². The monoisotopic (exact) mass is 215 g/mol. The van der Waals surface area contributed by atoms with Crippen LogP contribution in [0.25, 0.3) is 10.1 Å². The van der Waals surface area contributed by atoms with Crippen molar-refractivity contribution in [1.82, 2.24) is 0 Å². The third-order valence-electron chi connectivity index (χ3n) is 1.94. The van der Waals surface area contributed by atoms with Crippen molar-refractivity contribution < 1.29 is 4.39 Å². The number of benzene rings is 1. The average Bonchev–Trinajstić information content (AvgIpc) is 2.60. The summed E-state index contributed by atoms with van der Waals surface area (Å²) >= 11 is 7.06. The van der Waals surface area contributed by atoms with Gasteiger partial charge in [-0.3, -0.25) is 0 Å². The Balaban J connectivity index is 2.87. The van der Waals surface area contributed by atoms with Crippen LogP contribution in [0.2, 0.25) is 0 Å². The van der Waals surface area contributed by atoms with Gasteiger partial charge in [0.1, 0.15) is 0 Å². The van der Waals surface area contributed by atoms with E-state index in [0.29, 0.717) is 10.6 Å². The van der Waals surface area contributed by atoms with Crippen molar-refractivity contribution in [1.29, 1.82) is 0 Å². The number of nitrogen functional groups attached to an aromatic ring is 1. The maximum atomic E-state index is 13.4. The van der Waals surface area contributed by atoms with E-state index in [0.717, 1.165) is 10.9 Å². The lowest BCUT2D eigenvalue weighted by molar-refractivity contribution is 0.646. The van der Waals surface area contributed by atoms with Gasteiger partial charge in [-0.15, -0.1) is 22.9 Å². The molecular formula is C9H7ClFNS. The molecule has 0 bridgehead atoms. The molecule has 13 heavy (non-hydrogen) atoms. The van der Waals surface area contributed by atoms with Crippen molar-refractivity contribution in [2.45, 2.75) is 5.88 Å². The molecule has 0 atom stereocenters. The van der Waals surface area contributed by atoms with E-state index in [9.17, 15) is 4.39 Å². The number of alkyl halides is 1. The molecule has 0 radical (unpaired) electrons. The zero-order valence-electron chi connectivity index (χ0n) is 6.68. The van der Waals surface area contributed by atoms with E-state index in [-0.39, 0.29) is 11.5 Å². The second-order valence-corrected chi connectivity index (χ2v) is 3.92. The fourth-order valence-corrected chi connectivity index (χ4v) is 2.41. The molecule has 0 saturated carbocycles.